The van der Waals surface area contributed by atoms with Gasteiger partial charge in [-0.2, -0.15) is 4.98 Å². The summed E-state index contributed by atoms with van der Waals surface area (Å²) in [6.45, 7) is 3.72. The summed E-state index contributed by atoms with van der Waals surface area (Å²) in [5.74, 6) is 1.94. The topological polar surface area (TPSA) is 68.0 Å². The molecule has 0 bridgehead atoms. The van der Waals surface area contributed by atoms with Crippen molar-refractivity contribution in [1.82, 2.24) is 19.5 Å². The van der Waals surface area contributed by atoms with Gasteiger partial charge in [-0.05, 0) is 41.1 Å². The van der Waals surface area contributed by atoms with Crippen LogP contribution in [0.5, 0.6) is 0 Å². The number of aryl methyl sites for hydroxylation is 1. The number of hydrogen-bond acceptors (Lipinski definition) is 5. The Kier molecular flexibility index (Phi) is 3.15. The fourth-order valence-corrected chi connectivity index (χ4v) is 3.18. The fourth-order valence-electron chi connectivity index (χ4n) is 2.58. The lowest BCUT2D eigenvalue weighted by molar-refractivity contribution is 0.778. The molecule has 3 aliphatic rings. The molecule has 0 saturated heterocycles. The van der Waals surface area contributed by atoms with Gasteiger partial charge in [-0.15, -0.1) is 0 Å². The van der Waals surface area contributed by atoms with Crippen LogP contribution in [0.4, 0.5) is 11.5 Å². The highest BCUT2D eigenvalue weighted by atomic mass is 79.9. The molecule has 0 saturated carbocycles. The molecule has 4 rings (SSSR count). The third kappa shape index (κ3) is 2.27. The second-order valence-electron chi connectivity index (χ2n) is 5.14. The monoisotopic (exact) mass is 356 g/mol. The molecule has 0 unspecified atom stereocenters. The van der Waals surface area contributed by atoms with Gasteiger partial charge in [-0.1, -0.05) is 0 Å². The van der Waals surface area contributed by atoms with Gasteiger partial charge < -0.3 is 9.88 Å². The Morgan fingerprint density at radius 3 is 3.09 bits per heavy atom. The van der Waals surface area contributed by atoms with Gasteiger partial charge in [0, 0.05) is 36.7 Å². The predicted octanol–water partition coefficient (Wildman–Crippen LogP) is 2.51. The maximum absolute atomic E-state index is 4.62. The summed E-state index contributed by atoms with van der Waals surface area (Å²) >= 11 is 3.58. The molecule has 4 heterocycles. The number of anilines is 1. The lowest BCUT2D eigenvalue weighted by Gasteiger charge is -2.13. The minimum atomic E-state index is 0.460. The van der Waals surface area contributed by atoms with Gasteiger partial charge in [-0.25, -0.2) is 9.98 Å². The molecule has 110 valence electrons. The van der Waals surface area contributed by atoms with Gasteiger partial charge in [0.1, 0.15) is 11.6 Å². The highest BCUT2D eigenvalue weighted by molar-refractivity contribution is 9.10. The number of nitrogens with one attached hydrogen (secondary N) is 1. The van der Waals surface area contributed by atoms with Crippen LogP contribution >= 0.6 is 15.9 Å². The first-order valence-electron chi connectivity index (χ1n) is 6.98. The van der Waals surface area contributed by atoms with Crippen molar-refractivity contribution in [2.75, 3.05) is 11.9 Å². The molecule has 0 aliphatic carbocycles. The normalized spacial score (nSPS) is 14.2. The molecule has 3 aliphatic heterocycles. The number of halogens is 1. The third-order valence-corrected chi connectivity index (χ3v) is 4.16. The van der Waals surface area contributed by atoms with E-state index in [9.17, 15) is 0 Å². The number of hydrogen-bond donors (Lipinski definition) is 1. The molecule has 0 fully saturated rings. The van der Waals surface area contributed by atoms with E-state index in [1.54, 1.807) is 6.20 Å². The summed E-state index contributed by atoms with van der Waals surface area (Å²) in [5, 5.41) is 3.35. The van der Waals surface area contributed by atoms with Crippen LogP contribution in [0.2, 0.25) is 0 Å². The van der Waals surface area contributed by atoms with Gasteiger partial charge >= 0.3 is 0 Å². The van der Waals surface area contributed by atoms with Crippen LogP contribution in [0.15, 0.2) is 40.1 Å². The Balaban J connectivity index is 1.91. The van der Waals surface area contributed by atoms with E-state index >= 15 is 0 Å². The van der Waals surface area contributed by atoms with E-state index in [0.29, 0.717) is 5.62 Å². The van der Waals surface area contributed by atoms with Crippen molar-refractivity contribution in [1.29, 1.82) is 0 Å². The summed E-state index contributed by atoms with van der Waals surface area (Å²) in [4.78, 5) is 17.6. The first-order valence-corrected chi connectivity index (χ1v) is 7.77. The molecule has 6 nitrogen and oxygen atoms in total. The van der Waals surface area contributed by atoms with Crippen LogP contribution in [-0.4, -0.2) is 26.1 Å². The molecule has 1 aromatic rings. The van der Waals surface area contributed by atoms with Crippen molar-refractivity contribution in [3.05, 3.63) is 46.4 Å². The largest absolute Gasteiger partial charge is 0.369 e. The zero-order valence-corrected chi connectivity index (χ0v) is 13.5. The zero-order chi connectivity index (χ0) is 15.1. The van der Waals surface area contributed by atoms with E-state index in [-0.39, 0.29) is 0 Å². The quantitative estimate of drug-likeness (QED) is 0.727. The lowest BCUT2D eigenvalue weighted by Crippen LogP contribution is -2.17. The Labute approximate surface area is 135 Å². The summed E-state index contributed by atoms with van der Waals surface area (Å²) in [5.41, 5.74) is 3.18. The average molecular weight is 357 g/mol. The molecule has 1 aromatic heterocycles. The molecule has 1 N–H and O–H groups in total. The van der Waals surface area contributed by atoms with E-state index < -0.39 is 0 Å². The van der Waals surface area contributed by atoms with Crippen LogP contribution in [0.25, 0.3) is 11.4 Å². The maximum Gasteiger partial charge on any atom is 0.251 e. The molecule has 0 radical (unpaired) electrons. The summed E-state index contributed by atoms with van der Waals surface area (Å²) < 4.78 is 3.17. The smallest absolute Gasteiger partial charge is 0.251 e. The minimum Gasteiger partial charge on any atom is -0.369 e. The van der Waals surface area contributed by atoms with E-state index in [1.165, 1.54) is 0 Å². The number of rotatable bonds is 1. The molecular weight excluding hydrogens is 344 g/mol. The van der Waals surface area contributed by atoms with Crippen molar-refractivity contribution in [2.24, 2.45) is 4.99 Å². The van der Waals surface area contributed by atoms with E-state index in [2.05, 4.69) is 45.8 Å². The predicted molar refractivity (Wildman–Crippen MR) is 87.0 cm³/mol. The highest BCUT2D eigenvalue weighted by Crippen LogP contribution is 2.33. The zero-order valence-electron chi connectivity index (χ0n) is 11.9. The summed E-state index contributed by atoms with van der Waals surface area (Å²) in [7, 11) is 0. The Bertz CT molecular complexity index is 901. The molecule has 0 atom stereocenters. The lowest BCUT2D eigenvalue weighted by atomic mass is 10.2. The van der Waals surface area contributed by atoms with Gasteiger partial charge in [-0.3, -0.25) is 4.98 Å². The van der Waals surface area contributed by atoms with Gasteiger partial charge in [0.15, 0.2) is 0 Å². The SMILES string of the molecule is Cc1cc(N=c2ncc3cc(Br)c4n(c-3n2)CCN4)ccn1. The number of nitrogens with zero attached hydrogens (tertiary/aromatic N) is 5. The molecule has 0 amide bonds. The van der Waals surface area contributed by atoms with Crippen LogP contribution in [-0.2, 0) is 6.54 Å². The molecule has 0 spiro atoms. The second kappa shape index (κ2) is 5.17. The molecule has 7 heteroatoms. The van der Waals surface area contributed by atoms with Crippen LogP contribution in [0.1, 0.15) is 5.69 Å². The Hall–Kier alpha value is -2.28. The average Bonchev–Trinajstić information content (AvgIpc) is 2.98. The molecule has 22 heavy (non-hydrogen) atoms. The molecular formula is C15H13BrN6. The van der Waals surface area contributed by atoms with E-state index in [1.807, 2.05) is 31.3 Å². The third-order valence-electron chi connectivity index (χ3n) is 3.55. The standard InChI is InChI=1S/C15H13BrN6/c1-9-6-11(2-3-17-9)20-15-19-8-10-7-12(16)14-18-4-5-22(14)13(10)21-15/h2-3,6-8,18H,4-5H2,1H3. The number of pyridine rings is 2. The number of aromatic nitrogens is 4. The highest BCUT2D eigenvalue weighted by Gasteiger charge is 2.19. The first kappa shape index (κ1) is 13.4. The van der Waals surface area contributed by atoms with Crippen LogP contribution in [0, 0.1) is 6.92 Å². The van der Waals surface area contributed by atoms with Crippen LogP contribution < -0.4 is 10.9 Å². The Morgan fingerprint density at radius 2 is 2.23 bits per heavy atom. The van der Waals surface area contributed by atoms with E-state index in [4.69, 9.17) is 0 Å². The summed E-state index contributed by atoms with van der Waals surface area (Å²) in [6, 6.07) is 5.79. The first-order chi connectivity index (χ1) is 10.7. The van der Waals surface area contributed by atoms with Crippen LogP contribution in [0.3, 0.4) is 0 Å². The van der Waals surface area contributed by atoms with Gasteiger partial charge in [0.2, 0.25) is 0 Å². The van der Waals surface area contributed by atoms with Crippen molar-refractivity contribution in [3.8, 4) is 11.4 Å². The number of fused-ring (bicyclic) bond motifs is 3. The van der Waals surface area contributed by atoms with Crippen molar-refractivity contribution in [3.63, 3.8) is 0 Å². The van der Waals surface area contributed by atoms with Gasteiger partial charge in [0.25, 0.3) is 5.62 Å². The van der Waals surface area contributed by atoms with Crippen molar-refractivity contribution >= 4 is 27.4 Å². The van der Waals surface area contributed by atoms with Crippen molar-refractivity contribution in [2.45, 2.75) is 13.5 Å². The second-order valence-corrected chi connectivity index (χ2v) is 5.99. The summed E-state index contributed by atoms with van der Waals surface area (Å²) in [6.07, 6.45) is 3.55. The maximum atomic E-state index is 4.62. The van der Waals surface area contributed by atoms with Crippen molar-refractivity contribution < 1.29 is 0 Å². The van der Waals surface area contributed by atoms with E-state index in [0.717, 1.165) is 46.1 Å². The van der Waals surface area contributed by atoms with Gasteiger partial charge in [0.05, 0.1) is 10.2 Å². The molecule has 0 aromatic carbocycles. The Morgan fingerprint density at radius 1 is 1.32 bits per heavy atom. The minimum absolute atomic E-state index is 0.460. The fraction of sp³-hybridized carbons (Fsp3) is 0.200.